The number of hydrogen-bond acceptors (Lipinski definition) is 3. The van der Waals surface area contributed by atoms with Gasteiger partial charge >= 0.3 is 5.97 Å². The van der Waals surface area contributed by atoms with Crippen molar-refractivity contribution in [1.29, 1.82) is 0 Å². The number of carboxylic acids is 1. The molecule has 0 saturated heterocycles. The largest absolute Gasteiger partial charge is 0.481 e. The molecule has 0 fully saturated rings. The van der Waals surface area contributed by atoms with Crippen molar-refractivity contribution < 1.29 is 14.7 Å². The van der Waals surface area contributed by atoms with E-state index in [0.717, 1.165) is 0 Å². The molecule has 0 bridgehead atoms. The van der Waals surface area contributed by atoms with E-state index in [-0.39, 0.29) is 24.3 Å². The van der Waals surface area contributed by atoms with Crippen LogP contribution in [0.4, 0.5) is 0 Å². The topological polar surface area (TPSA) is 92.4 Å². The lowest BCUT2D eigenvalue weighted by Gasteiger charge is -2.27. The van der Waals surface area contributed by atoms with Crippen LogP contribution in [-0.2, 0) is 9.59 Å². The second kappa shape index (κ2) is 5.84. The van der Waals surface area contributed by atoms with Crippen molar-refractivity contribution in [2.24, 2.45) is 11.7 Å². The Morgan fingerprint density at radius 1 is 1.44 bits per heavy atom. The van der Waals surface area contributed by atoms with Gasteiger partial charge in [0.1, 0.15) is 0 Å². The first-order valence-electron chi connectivity index (χ1n) is 5.52. The highest BCUT2D eigenvalue weighted by atomic mass is 16.4. The summed E-state index contributed by atoms with van der Waals surface area (Å²) in [7, 11) is 0. The van der Waals surface area contributed by atoms with Crippen LogP contribution in [0.2, 0.25) is 0 Å². The number of nitrogens with two attached hydrogens (primary N) is 1. The van der Waals surface area contributed by atoms with E-state index in [4.69, 9.17) is 10.8 Å². The zero-order valence-electron chi connectivity index (χ0n) is 10.4. The third-order valence-electron chi connectivity index (χ3n) is 2.77. The molecule has 0 aromatic rings. The maximum atomic E-state index is 11.8. The Morgan fingerprint density at radius 3 is 2.25 bits per heavy atom. The highest BCUT2D eigenvalue weighted by Gasteiger charge is 2.29. The molecule has 2 unspecified atom stereocenters. The fourth-order valence-electron chi connectivity index (χ4n) is 1.14. The first-order valence-corrected chi connectivity index (χ1v) is 5.52. The zero-order valence-corrected chi connectivity index (χ0v) is 10.4. The summed E-state index contributed by atoms with van der Waals surface area (Å²) in [5.74, 6) is -1.16. The summed E-state index contributed by atoms with van der Waals surface area (Å²) in [5.41, 5.74) is 4.84. The van der Waals surface area contributed by atoms with E-state index in [1.165, 1.54) is 0 Å². The Hall–Kier alpha value is -1.10. The third kappa shape index (κ3) is 4.61. The summed E-state index contributed by atoms with van der Waals surface area (Å²) in [6.07, 6.45) is 0.430. The number of amides is 1. The molecule has 16 heavy (non-hydrogen) atoms. The van der Waals surface area contributed by atoms with Crippen molar-refractivity contribution in [3.8, 4) is 0 Å². The molecule has 4 N–H and O–H groups in total. The van der Waals surface area contributed by atoms with Crippen LogP contribution in [0.15, 0.2) is 0 Å². The van der Waals surface area contributed by atoms with E-state index in [1.54, 1.807) is 6.92 Å². The second-order valence-electron chi connectivity index (χ2n) is 4.69. The van der Waals surface area contributed by atoms with Crippen LogP contribution < -0.4 is 11.1 Å². The van der Waals surface area contributed by atoms with Crippen LogP contribution in [-0.4, -0.2) is 28.6 Å². The zero-order chi connectivity index (χ0) is 12.9. The minimum Gasteiger partial charge on any atom is -0.481 e. The second-order valence-corrected chi connectivity index (χ2v) is 4.69. The summed E-state index contributed by atoms with van der Waals surface area (Å²) < 4.78 is 0. The van der Waals surface area contributed by atoms with Crippen molar-refractivity contribution >= 4 is 11.9 Å². The molecule has 0 aromatic heterocycles. The van der Waals surface area contributed by atoms with Gasteiger partial charge in [-0.25, -0.2) is 0 Å². The van der Waals surface area contributed by atoms with Gasteiger partial charge in [0, 0.05) is 6.04 Å². The molecule has 0 spiro atoms. The van der Waals surface area contributed by atoms with E-state index in [1.807, 2.05) is 20.8 Å². The van der Waals surface area contributed by atoms with Crippen molar-refractivity contribution in [2.75, 3.05) is 0 Å². The highest BCUT2D eigenvalue weighted by molar-refractivity contribution is 5.86. The molecule has 0 saturated carbocycles. The van der Waals surface area contributed by atoms with Crippen molar-refractivity contribution in [3.63, 3.8) is 0 Å². The lowest BCUT2D eigenvalue weighted by Crippen LogP contribution is -2.55. The van der Waals surface area contributed by atoms with Crippen LogP contribution in [0.5, 0.6) is 0 Å². The maximum absolute atomic E-state index is 11.8. The molecule has 0 heterocycles. The van der Waals surface area contributed by atoms with Crippen LogP contribution in [0.25, 0.3) is 0 Å². The molecular weight excluding hydrogens is 208 g/mol. The molecule has 0 rings (SSSR count). The number of carbonyl (C=O) groups excluding carboxylic acids is 1. The minimum atomic E-state index is -0.939. The number of carbonyl (C=O) groups is 2. The summed E-state index contributed by atoms with van der Waals surface area (Å²) >= 11 is 0. The number of nitrogens with one attached hydrogen (secondary N) is 1. The van der Waals surface area contributed by atoms with E-state index in [2.05, 4.69) is 5.32 Å². The predicted octanol–water partition coefficient (Wildman–Crippen LogP) is 0.729. The fraction of sp³-hybridized carbons (Fsp3) is 0.818. The lowest BCUT2D eigenvalue weighted by molar-refractivity contribution is -0.138. The van der Waals surface area contributed by atoms with Gasteiger partial charge in [0.2, 0.25) is 5.91 Å². The Kier molecular flexibility index (Phi) is 5.44. The van der Waals surface area contributed by atoms with Crippen LogP contribution >= 0.6 is 0 Å². The first kappa shape index (κ1) is 14.9. The summed E-state index contributed by atoms with van der Waals surface area (Å²) in [6.45, 7) is 7.20. The lowest BCUT2D eigenvalue weighted by atomic mass is 9.96. The molecule has 2 atom stereocenters. The number of carboxylic acid groups (broad SMARTS) is 1. The number of rotatable bonds is 6. The Bertz CT molecular complexity index is 262. The normalized spacial score (nSPS) is 16.6. The van der Waals surface area contributed by atoms with Crippen LogP contribution in [0.3, 0.4) is 0 Å². The van der Waals surface area contributed by atoms with Gasteiger partial charge in [-0.15, -0.1) is 0 Å². The molecule has 0 radical (unpaired) electrons. The third-order valence-corrected chi connectivity index (χ3v) is 2.77. The molecule has 0 aliphatic rings. The molecule has 5 nitrogen and oxygen atoms in total. The summed E-state index contributed by atoms with van der Waals surface area (Å²) in [4.78, 5) is 22.4. The smallest absolute Gasteiger partial charge is 0.305 e. The van der Waals surface area contributed by atoms with E-state index >= 15 is 0 Å². The summed E-state index contributed by atoms with van der Waals surface area (Å²) in [5, 5.41) is 11.4. The average molecular weight is 230 g/mol. The number of aliphatic carboxylic acids is 1. The van der Waals surface area contributed by atoms with Crippen LogP contribution in [0, 0.1) is 5.92 Å². The average Bonchev–Trinajstić information content (AvgIpc) is 2.15. The minimum absolute atomic E-state index is 0.0627. The van der Waals surface area contributed by atoms with E-state index in [0.29, 0.717) is 6.42 Å². The molecule has 94 valence electrons. The van der Waals surface area contributed by atoms with E-state index in [9.17, 15) is 9.59 Å². The standard InChI is InChI=1S/C11H22N2O3/c1-5-11(4,12)10(16)13-8(7(2)3)6-9(14)15/h7-8H,5-6,12H2,1-4H3,(H,13,16)(H,14,15). The molecule has 1 amide bonds. The monoisotopic (exact) mass is 230 g/mol. The highest BCUT2D eigenvalue weighted by Crippen LogP contribution is 2.10. The molecule has 5 heteroatoms. The van der Waals surface area contributed by atoms with Gasteiger partial charge in [-0.05, 0) is 19.3 Å². The van der Waals surface area contributed by atoms with Gasteiger partial charge < -0.3 is 16.2 Å². The van der Waals surface area contributed by atoms with Gasteiger partial charge in [0.25, 0.3) is 0 Å². The Labute approximate surface area is 96.4 Å². The van der Waals surface area contributed by atoms with Crippen molar-refractivity contribution in [1.82, 2.24) is 5.32 Å². The van der Waals surface area contributed by atoms with Gasteiger partial charge in [-0.3, -0.25) is 9.59 Å². The quantitative estimate of drug-likeness (QED) is 0.627. The molecular formula is C11H22N2O3. The summed E-state index contributed by atoms with van der Waals surface area (Å²) in [6, 6.07) is -0.376. The molecule has 0 aliphatic carbocycles. The number of hydrogen-bond donors (Lipinski definition) is 3. The van der Waals surface area contributed by atoms with Crippen LogP contribution in [0.1, 0.15) is 40.5 Å². The van der Waals surface area contributed by atoms with Gasteiger partial charge in [0.05, 0.1) is 12.0 Å². The fourth-order valence-corrected chi connectivity index (χ4v) is 1.14. The molecule has 0 aliphatic heterocycles. The SMILES string of the molecule is CCC(C)(N)C(=O)NC(CC(=O)O)C(C)C. The first-order chi connectivity index (χ1) is 7.20. The van der Waals surface area contributed by atoms with Gasteiger partial charge in [-0.1, -0.05) is 20.8 Å². The van der Waals surface area contributed by atoms with Gasteiger partial charge in [-0.2, -0.15) is 0 Å². The predicted molar refractivity (Wildman–Crippen MR) is 61.9 cm³/mol. The van der Waals surface area contributed by atoms with E-state index < -0.39 is 11.5 Å². The van der Waals surface area contributed by atoms with Gasteiger partial charge in [0.15, 0.2) is 0 Å². The van der Waals surface area contributed by atoms with Crippen molar-refractivity contribution in [3.05, 3.63) is 0 Å². The Balaban J connectivity index is 4.52. The maximum Gasteiger partial charge on any atom is 0.305 e. The van der Waals surface area contributed by atoms with Crippen molar-refractivity contribution in [2.45, 2.75) is 52.1 Å². The Morgan fingerprint density at radius 2 is 1.94 bits per heavy atom. The molecule has 0 aromatic carbocycles.